The second-order valence-electron chi connectivity index (χ2n) is 4.96. The van der Waals surface area contributed by atoms with Gasteiger partial charge in [-0.2, -0.15) is 0 Å². The zero-order valence-electron chi connectivity index (χ0n) is 9.82. The lowest BCUT2D eigenvalue weighted by Gasteiger charge is -2.37. The van der Waals surface area contributed by atoms with Crippen LogP contribution in [0.1, 0.15) is 31.2 Å². The van der Waals surface area contributed by atoms with Gasteiger partial charge in [-0.25, -0.2) is 4.39 Å². The van der Waals surface area contributed by atoms with Gasteiger partial charge in [0.15, 0.2) is 0 Å². The number of aromatic nitrogens is 1. The Kier molecular flexibility index (Phi) is 2.93. The minimum absolute atomic E-state index is 0.249. The molecule has 0 radical (unpaired) electrons. The number of halogens is 1. The molecule has 0 spiro atoms. The Morgan fingerprint density at radius 3 is 3.12 bits per heavy atom. The highest BCUT2D eigenvalue weighted by Gasteiger charge is 2.30. The first kappa shape index (κ1) is 10.9. The first-order valence-electron chi connectivity index (χ1n) is 6.39. The van der Waals surface area contributed by atoms with Crippen molar-refractivity contribution in [2.75, 3.05) is 6.54 Å². The van der Waals surface area contributed by atoms with Crippen LogP contribution >= 0.6 is 0 Å². The van der Waals surface area contributed by atoms with Crippen molar-refractivity contribution in [3.05, 3.63) is 35.9 Å². The van der Waals surface area contributed by atoms with E-state index in [0.717, 1.165) is 18.5 Å². The monoisotopic (exact) mass is 232 g/mol. The van der Waals surface area contributed by atoms with Gasteiger partial charge in [0.1, 0.15) is 5.82 Å². The third-order valence-corrected chi connectivity index (χ3v) is 3.86. The van der Waals surface area contributed by atoms with E-state index in [1.807, 2.05) is 0 Å². The van der Waals surface area contributed by atoms with Gasteiger partial charge in [-0.1, -0.05) is 6.08 Å². The molecular formula is C14H17FN2. The van der Waals surface area contributed by atoms with Crippen LogP contribution in [0.15, 0.2) is 24.5 Å². The van der Waals surface area contributed by atoms with Gasteiger partial charge >= 0.3 is 0 Å². The summed E-state index contributed by atoms with van der Waals surface area (Å²) < 4.78 is 13.2. The fourth-order valence-corrected chi connectivity index (χ4v) is 3.08. The highest BCUT2D eigenvalue weighted by atomic mass is 19.1. The molecule has 2 nitrogen and oxygen atoms in total. The van der Waals surface area contributed by atoms with Crippen molar-refractivity contribution in [2.45, 2.75) is 31.7 Å². The van der Waals surface area contributed by atoms with Crippen LogP contribution in [0, 0.1) is 11.7 Å². The van der Waals surface area contributed by atoms with Crippen LogP contribution in [-0.4, -0.2) is 17.6 Å². The van der Waals surface area contributed by atoms with Gasteiger partial charge < -0.3 is 5.32 Å². The largest absolute Gasteiger partial charge is 0.310 e. The van der Waals surface area contributed by atoms with Gasteiger partial charge in [0, 0.05) is 17.8 Å². The Balaban J connectivity index is 1.93. The molecule has 1 aliphatic carbocycles. The number of pyridine rings is 1. The second-order valence-corrected chi connectivity index (χ2v) is 4.96. The highest BCUT2D eigenvalue weighted by molar-refractivity contribution is 5.70. The zero-order chi connectivity index (χ0) is 11.7. The number of hydrogen-bond donors (Lipinski definition) is 1. The standard InChI is InChI=1S/C14H17FN2/c15-12-7-11(8-16-9-12)13-5-1-3-10-4-2-6-17-14(10)13/h5,7-10,14,17H,1-4,6H2/t10-,14+/m1/s1. The first-order chi connectivity index (χ1) is 8.34. The van der Waals surface area contributed by atoms with Crippen LogP contribution in [0.2, 0.25) is 0 Å². The molecule has 1 N–H and O–H groups in total. The van der Waals surface area contributed by atoms with Crippen molar-refractivity contribution in [3.63, 3.8) is 0 Å². The van der Waals surface area contributed by atoms with Gasteiger partial charge in [-0.15, -0.1) is 0 Å². The van der Waals surface area contributed by atoms with E-state index in [4.69, 9.17) is 0 Å². The smallest absolute Gasteiger partial charge is 0.142 e. The van der Waals surface area contributed by atoms with Gasteiger partial charge in [0.2, 0.25) is 0 Å². The Morgan fingerprint density at radius 1 is 1.29 bits per heavy atom. The number of nitrogens with zero attached hydrogens (tertiary/aromatic N) is 1. The molecule has 3 rings (SSSR count). The predicted octanol–water partition coefficient (Wildman–Crippen LogP) is 2.77. The molecule has 0 saturated carbocycles. The fraction of sp³-hybridized carbons (Fsp3) is 0.500. The highest BCUT2D eigenvalue weighted by Crippen LogP contribution is 2.35. The Labute approximate surface area is 101 Å². The molecule has 2 aliphatic rings. The van der Waals surface area contributed by atoms with Crippen molar-refractivity contribution >= 4 is 5.57 Å². The summed E-state index contributed by atoms with van der Waals surface area (Å²) in [6, 6.07) is 2.00. The summed E-state index contributed by atoms with van der Waals surface area (Å²) in [5.41, 5.74) is 2.18. The lowest BCUT2D eigenvalue weighted by molar-refractivity contribution is 0.304. The van der Waals surface area contributed by atoms with Gasteiger partial charge in [0.25, 0.3) is 0 Å². The van der Waals surface area contributed by atoms with E-state index in [1.165, 1.54) is 31.0 Å². The van der Waals surface area contributed by atoms with Crippen LogP contribution in [0.3, 0.4) is 0 Å². The number of fused-ring (bicyclic) bond motifs is 1. The van der Waals surface area contributed by atoms with E-state index in [9.17, 15) is 4.39 Å². The number of rotatable bonds is 1. The van der Waals surface area contributed by atoms with E-state index in [-0.39, 0.29) is 5.82 Å². The van der Waals surface area contributed by atoms with Gasteiger partial charge in [-0.3, -0.25) is 4.98 Å². The summed E-state index contributed by atoms with van der Waals surface area (Å²) in [6.45, 7) is 1.07. The van der Waals surface area contributed by atoms with Crippen molar-refractivity contribution < 1.29 is 4.39 Å². The first-order valence-corrected chi connectivity index (χ1v) is 6.39. The van der Waals surface area contributed by atoms with E-state index in [0.29, 0.717) is 12.0 Å². The summed E-state index contributed by atoms with van der Waals surface area (Å²) >= 11 is 0. The van der Waals surface area contributed by atoms with Gasteiger partial charge in [0.05, 0.1) is 6.20 Å². The quantitative estimate of drug-likeness (QED) is 0.805. The minimum atomic E-state index is -0.249. The van der Waals surface area contributed by atoms with E-state index >= 15 is 0 Å². The average Bonchev–Trinajstić information content (AvgIpc) is 2.38. The van der Waals surface area contributed by atoms with Crippen LogP contribution in [0.4, 0.5) is 4.39 Å². The maximum absolute atomic E-state index is 13.2. The molecule has 90 valence electrons. The minimum Gasteiger partial charge on any atom is -0.310 e. The molecule has 0 unspecified atom stereocenters. The molecule has 1 aromatic heterocycles. The van der Waals surface area contributed by atoms with E-state index in [1.54, 1.807) is 12.3 Å². The number of allylic oxidation sites excluding steroid dienone is 1. The predicted molar refractivity (Wildman–Crippen MR) is 65.9 cm³/mol. The second kappa shape index (κ2) is 4.57. The van der Waals surface area contributed by atoms with E-state index < -0.39 is 0 Å². The summed E-state index contributed by atoms with van der Waals surface area (Å²) in [4.78, 5) is 3.95. The summed E-state index contributed by atoms with van der Waals surface area (Å²) in [6.07, 6.45) is 10.2. The molecule has 0 bridgehead atoms. The average molecular weight is 232 g/mol. The SMILES string of the molecule is Fc1cncc(C2=CCC[C@@H]3CCCN[C@H]23)c1. The molecule has 0 aromatic carbocycles. The lowest BCUT2D eigenvalue weighted by Crippen LogP contribution is -2.43. The van der Waals surface area contributed by atoms with Crippen LogP contribution in [-0.2, 0) is 0 Å². The van der Waals surface area contributed by atoms with E-state index in [2.05, 4.69) is 16.4 Å². The molecule has 2 heterocycles. The number of nitrogens with one attached hydrogen (secondary N) is 1. The molecule has 0 amide bonds. The topological polar surface area (TPSA) is 24.9 Å². The molecule has 3 heteroatoms. The summed E-state index contributed by atoms with van der Waals surface area (Å²) in [5, 5.41) is 3.57. The third kappa shape index (κ3) is 2.12. The number of hydrogen-bond acceptors (Lipinski definition) is 2. The zero-order valence-corrected chi connectivity index (χ0v) is 9.82. The van der Waals surface area contributed by atoms with Crippen LogP contribution in [0.5, 0.6) is 0 Å². The Bertz CT molecular complexity index is 442. The lowest BCUT2D eigenvalue weighted by atomic mass is 9.77. The van der Waals surface area contributed by atoms with Crippen molar-refractivity contribution in [1.82, 2.24) is 10.3 Å². The normalized spacial score (nSPS) is 28.4. The molecule has 1 aliphatic heterocycles. The van der Waals surface area contributed by atoms with Gasteiger partial charge in [-0.05, 0) is 49.8 Å². The summed E-state index contributed by atoms with van der Waals surface area (Å²) in [5.74, 6) is 0.466. The van der Waals surface area contributed by atoms with Crippen molar-refractivity contribution in [1.29, 1.82) is 0 Å². The number of piperidine rings is 1. The molecule has 2 atom stereocenters. The van der Waals surface area contributed by atoms with Crippen molar-refractivity contribution in [3.8, 4) is 0 Å². The van der Waals surface area contributed by atoms with Crippen LogP contribution in [0.25, 0.3) is 5.57 Å². The molecule has 1 saturated heterocycles. The Hall–Kier alpha value is -1.22. The maximum atomic E-state index is 13.2. The maximum Gasteiger partial charge on any atom is 0.142 e. The third-order valence-electron chi connectivity index (χ3n) is 3.86. The molecule has 1 aromatic rings. The Morgan fingerprint density at radius 2 is 2.24 bits per heavy atom. The molecule has 1 fully saturated rings. The van der Waals surface area contributed by atoms with Crippen molar-refractivity contribution in [2.24, 2.45) is 5.92 Å². The fourth-order valence-electron chi connectivity index (χ4n) is 3.08. The van der Waals surface area contributed by atoms with Crippen LogP contribution < -0.4 is 5.32 Å². The molecular weight excluding hydrogens is 215 g/mol. The summed E-state index contributed by atoms with van der Waals surface area (Å²) in [7, 11) is 0. The molecule has 17 heavy (non-hydrogen) atoms.